The second-order valence-corrected chi connectivity index (χ2v) is 7.23. The first-order valence-electron chi connectivity index (χ1n) is 7.23. The molecule has 4 rings (SSSR count). The molecule has 2 saturated heterocycles. The van der Waals surface area contributed by atoms with Gasteiger partial charge in [0.25, 0.3) is 6.04 Å². The van der Waals surface area contributed by atoms with Crippen molar-refractivity contribution in [3.8, 4) is 0 Å². The van der Waals surface area contributed by atoms with Crippen molar-refractivity contribution in [3.63, 3.8) is 0 Å². The summed E-state index contributed by atoms with van der Waals surface area (Å²) in [6.07, 6.45) is -1.67. The molecule has 10 heteroatoms. The summed E-state index contributed by atoms with van der Waals surface area (Å²) in [4.78, 5) is 22.9. The molecule has 0 unspecified atom stereocenters. The Labute approximate surface area is 134 Å². The van der Waals surface area contributed by atoms with Gasteiger partial charge in [0.1, 0.15) is 5.92 Å². The third kappa shape index (κ3) is 1.95. The van der Waals surface area contributed by atoms with Gasteiger partial charge in [-0.2, -0.15) is 0 Å². The van der Waals surface area contributed by atoms with Crippen LogP contribution in [0.1, 0.15) is 17.2 Å². The van der Waals surface area contributed by atoms with Crippen LogP contribution in [0.2, 0.25) is 0 Å². The Hall–Kier alpha value is -1.62. The van der Waals surface area contributed by atoms with Gasteiger partial charge in [0, 0.05) is 14.7 Å². The maximum absolute atomic E-state index is 11.7. The second-order valence-electron chi connectivity index (χ2n) is 6.25. The molecule has 1 N–H and O–H groups in total. The van der Waals surface area contributed by atoms with Crippen molar-refractivity contribution in [3.05, 3.63) is 42.6 Å². The van der Waals surface area contributed by atoms with Crippen molar-refractivity contribution in [1.82, 2.24) is 0 Å². The molecule has 9 nitrogen and oxygen atoms in total. The normalized spacial score (nSPS) is 44.9. The maximum Gasteiger partial charge on any atom is 0.260 e. The fraction of sp³-hybridized carbons (Fsp3) is 0.692. The van der Waals surface area contributed by atoms with Gasteiger partial charge in [-0.1, -0.05) is 6.07 Å². The molecule has 1 aliphatic carbocycles. The van der Waals surface area contributed by atoms with Crippen LogP contribution in [0.25, 0.3) is 0 Å². The Morgan fingerprint density at radius 3 is 2.74 bits per heavy atom. The number of nitrogens with zero attached hydrogens (tertiary/aromatic N) is 2. The molecule has 3 aliphatic rings. The summed E-state index contributed by atoms with van der Waals surface area (Å²) in [5.74, 6) is -1.61. The number of hydrogen-bond donors (Lipinski definition) is 1. The fourth-order valence-corrected chi connectivity index (χ4v) is 5.18. The molecular formula is C13H14N2O7S. The van der Waals surface area contributed by atoms with Crippen LogP contribution in [0, 0.1) is 26.1 Å². The van der Waals surface area contributed by atoms with E-state index in [-0.39, 0.29) is 13.0 Å². The molecule has 3 heterocycles. The van der Waals surface area contributed by atoms with E-state index in [9.17, 15) is 25.3 Å². The fourth-order valence-electron chi connectivity index (χ4n) is 4.28. The van der Waals surface area contributed by atoms with E-state index in [4.69, 9.17) is 9.47 Å². The molecule has 124 valence electrons. The smallest absolute Gasteiger partial charge is 0.260 e. The Bertz CT molecular complexity index is 653. The predicted octanol–water partition coefficient (Wildman–Crippen LogP) is 0.628. The van der Waals surface area contributed by atoms with Crippen LogP contribution in [-0.2, 0) is 9.47 Å². The molecule has 23 heavy (non-hydrogen) atoms. The molecular weight excluding hydrogens is 328 g/mol. The van der Waals surface area contributed by atoms with Crippen LogP contribution in [0.4, 0.5) is 0 Å². The van der Waals surface area contributed by atoms with E-state index in [1.807, 2.05) is 0 Å². The summed E-state index contributed by atoms with van der Waals surface area (Å²) in [7, 11) is 0. The highest BCUT2D eigenvalue weighted by atomic mass is 32.1. The number of aliphatic hydroxyl groups is 1. The minimum atomic E-state index is -1.86. The van der Waals surface area contributed by atoms with Crippen molar-refractivity contribution in [2.24, 2.45) is 5.92 Å². The summed E-state index contributed by atoms with van der Waals surface area (Å²) in [5.41, 5.74) is -1.86. The van der Waals surface area contributed by atoms with Crippen molar-refractivity contribution >= 4 is 11.3 Å². The van der Waals surface area contributed by atoms with Gasteiger partial charge in [-0.05, 0) is 17.9 Å². The summed E-state index contributed by atoms with van der Waals surface area (Å²) in [5, 5.41) is 36.1. The maximum atomic E-state index is 11.7. The SMILES string of the molecule is O=[N+]([O-])[C@@H]1[C@H]2C[C@@](O)([C@H]3OC[C@H]2O3)[C@H]([N+](=O)[O-])[C@@H]1c1cccs1. The van der Waals surface area contributed by atoms with Crippen molar-refractivity contribution in [2.45, 2.75) is 42.4 Å². The van der Waals surface area contributed by atoms with Crippen molar-refractivity contribution in [1.29, 1.82) is 0 Å². The minimum absolute atomic E-state index is 0.0541. The third-order valence-electron chi connectivity index (χ3n) is 5.16. The average Bonchev–Trinajstić information content (AvgIpc) is 3.15. The van der Waals surface area contributed by atoms with E-state index >= 15 is 0 Å². The van der Waals surface area contributed by atoms with Crippen LogP contribution in [0.15, 0.2) is 17.5 Å². The zero-order valence-electron chi connectivity index (χ0n) is 11.8. The van der Waals surface area contributed by atoms with Gasteiger partial charge >= 0.3 is 0 Å². The van der Waals surface area contributed by atoms with Gasteiger partial charge in [-0.25, -0.2) is 0 Å². The van der Waals surface area contributed by atoms with E-state index in [1.54, 1.807) is 17.5 Å². The number of rotatable bonds is 3. The molecule has 1 aromatic rings. The third-order valence-corrected chi connectivity index (χ3v) is 6.13. The molecule has 7 atom stereocenters. The standard InChI is InChI=1S/C13H14N2O7S/c16-13-4-6(7-5-21-12(13)22-7)10(14(17)18)9(11(13)15(19)20)8-2-1-3-23-8/h1-3,6-7,9-12,16H,4-5H2/t6-,7+,9+,10+,11+,12-,13-/m0/s1. The summed E-state index contributed by atoms with van der Waals surface area (Å²) < 4.78 is 10.9. The lowest BCUT2D eigenvalue weighted by molar-refractivity contribution is -0.607. The zero-order chi connectivity index (χ0) is 16.4. The topological polar surface area (TPSA) is 125 Å². The van der Waals surface area contributed by atoms with Crippen LogP contribution < -0.4 is 0 Å². The van der Waals surface area contributed by atoms with Crippen LogP contribution >= 0.6 is 11.3 Å². The van der Waals surface area contributed by atoms with E-state index in [1.165, 1.54) is 11.3 Å². The quantitative estimate of drug-likeness (QED) is 0.631. The van der Waals surface area contributed by atoms with Gasteiger partial charge in [-0.15, -0.1) is 11.3 Å². The summed E-state index contributed by atoms with van der Waals surface area (Å²) in [6.45, 7) is 0.115. The zero-order valence-corrected chi connectivity index (χ0v) is 12.6. The lowest BCUT2D eigenvalue weighted by atomic mass is 9.63. The van der Waals surface area contributed by atoms with Gasteiger partial charge < -0.3 is 14.6 Å². The lowest BCUT2D eigenvalue weighted by Crippen LogP contribution is -2.69. The van der Waals surface area contributed by atoms with E-state index in [0.717, 1.165) is 0 Å². The number of thiophene rings is 1. The lowest BCUT2D eigenvalue weighted by Gasteiger charge is -2.48. The Morgan fingerprint density at radius 1 is 1.35 bits per heavy atom. The van der Waals surface area contributed by atoms with Crippen molar-refractivity contribution in [2.75, 3.05) is 6.61 Å². The highest BCUT2D eigenvalue weighted by Crippen LogP contribution is 2.54. The largest absolute Gasteiger partial charge is 0.378 e. The highest BCUT2D eigenvalue weighted by molar-refractivity contribution is 7.10. The summed E-state index contributed by atoms with van der Waals surface area (Å²) >= 11 is 1.23. The minimum Gasteiger partial charge on any atom is -0.378 e. The highest BCUT2D eigenvalue weighted by Gasteiger charge is 2.73. The Kier molecular flexibility index (Phi) is 3.21. The first kappa shape index (κ1) is 14.9. The van der Waals surface area contributed by atoms with E-state index in [2.05, 4.69) is 0 Å². The first-order valence-corrected chi connectivity index (χ1v) is 8.11. The van der Waals surface area contributed by atoms with Crippen LogP contribution in [-0.4, -0.2) is 51.6 Å². The molecule has 0 spiro atoms. The Morgan fingerprint density at radius 2 is 2.13 bits per heavy atom. The molecule has 1 aromatic heterocycles. The predicted molar refractivity (Wildman–Crippen MR) is 76.3 cm³/mol. The monoisotopic (exact) mass is 342 g/mol. The van der Waals surface area contributed by atoms with Gasteiger partial charge in [0.05, 0.1) is 18.6 Å². The molecule has 0 amide bonds. The van der Waals surface area contributed by atoms with Gasteiger partial charge in [-0.3, -0.25) is 20.2 Å². The molecule has 1 saturated carbocycles. The van der Waals surface area contributed by atoms with Gasteiger partial charge in [0.2, 0.25) is 6.04 Å². The van der Waals surface area contributed by atoms with Crippen molar-refractivity contribution < 1.29 is 24.4 Å². The number of fused-ring (bicyclic) bond motifs is 6. The second kappa shape index (κ2) is 4.94. The average molecular weight is 342 g/mol. The Balaban J connectivity index is 1.89. The van der Waals surface area contributed by atoms with Gasteiger partial charge in [0.15, 0.2) is 11.9 Å². The van der Waals surface area contributed by atoms with Crippen LogP contribution in [0.5, 0.6) is 0 Å². The van der Waals surface area contributed by atoms with E-state index in [0.29, 0.717) is 4.88 Å². The van der Waals surface area contributed by atoms with E-state index < -0.39 is 51.8 Å². The molecule has 2 aliphatic heterocycles. The molecule has 3 fully saturated rings. The number of ether oxygens (including phenoxy) is 2. The molecule has 0 aromatic carbocycles. The number of hydrogen-bond acceptors (Lipinski definition) is 8. The summed E-state index contributed by atoms with van der Waals surface area (Å²) in [6, 6.07) is 0.620. The van der Waals surface area contributed by atoms with Crippen LogP contribution in [0.3, 0.4) is 0 Å². The molecule has 4 bridgehead atoms. The molecule has 0 radical (unpaired) electrons. The first-order chi connectivity index (χ1) is 10.9. The number of nitro groups is 2.